The van der Waals surface area contributed by atoms with Gasteiger partial charge in [0.25, 0.3) is 11.8 Å². The van der Waals surface area contributed by atoms with Gasteiger partial charge in [-0.3, -0.25) is 14.7 Å². The number of hydrogen-bond donors (Lipinski definition) is 2. The third-order valence-corrected chi connectivity index (χ3v) is 5.62. The van der Waals surface area contributed by atoms with Gasteiger partial charge < -0.3 is 15.0 Å². The van der Waals surface area contributed by atoms with Crippen molar-refractivity contribution in [2.75, 3.05) is 33.4 Å². The number of benzene rings is 2. The molecule has 0 saturated carbocycles. The molecule has 0 unspecified atom stereocenters. The van der Waals surface area contributed by atoms with E-state index in [1.807, 2.05) is 47.4 Å². The maximum atomic E-state index is 13.2. The summed E-state index contributed by atoms with van der Waals surface area (Å²) in [5, 5.41) is 12.1. The van der Waals surface area contributed by atoms with Crippen LogP contribution in [0.5, 0.6) is 0 Å². The van der Waals surface area contributed by atoms with Gasteiger partial charge in [0.15, 0.2) is 0 Å². The minimum atomic E-state index is -0.172. The molecule has 0 bridgehead atoms. The van der Waals surface area contributed by atoms with Crippen LogP contribution >= 0.6 is 0 Å². The molecule has 1 aliphatic heterocycles. The summed E-state index contributed by atoms with van der Waals surface area (Å²) >= 11 is 0. The normalized spacial score (nSPS) is 16.6. The second-order valence-electron chi connectivity index (χ2n) is 7.60. The smallest absolute Gasteiger partial charge is 0.254 e. The fourth-order valence-electron chi connectivity index (χ4n) is 4.05. The monoisotopic (exact) mass is 406 g/mol. The summed E-state index contributed by atoms with van der Waals surface area (Å²) in [7, 11) is 1.60. The van der Waals surface area contributed by atoms with Crippen LogP contribution in [0.4, 0.5) is 0 Å². The predicted octanol–water partition coefficient (Wildman–Crippen LogP) is 2.96. The van der Waals surface area contributed by atoms with Crippen molar-refractivity contribution in [2.24, 2.45) is 0 Å². The van der Waals surface area contributed by atoms with Crippen molar-refractivity contribution in [2.45, 2.75) is 18.8 Å². The average Bonchev–Trinajstić information content (AvgIpc) is 3.28. The van der Waals surface area contributed by atoms with E-state index in [0.29, 0.717) is 37.4 Å². The third-order valence-electron chi connectivity index (χ3n) is 5.62. The van der Waals surface area contributed by atoms with Crippen molar-refractivity contribution in [1.29, 1.82) is 0 Å². The molecule has 2 amide bonds. The van der Waals surface area contributed by atoms with E-state index < -0.39 is 0 Å². The number of aromatic amines is 1. The number of likely N-dealkylation sites (tertiary alicyclic amines) is 1. The molecular formula is C23H26N4O3. The number of carbonyl (C=O) groups excluding carboxylic acids is 2. The van der Waals surface area contributed by atoms with Crippen LogP contribution in [0, 0.1) is 0 Å². The highest BCUT2D eigenvalue weighted by Gasteiger charge is 2.29. The number of methoxy groups -OCH3 is 1. The minimum absolute atomic E-state index is 0.0241. The van der Waals surface area contributed by atoms with Crippen LogP contribution < -0.4 is 5.32 Å². The molecule has 1 aromatic heterocycles. The summed E-state index contributed by atoms with van der Waals surface area (Å²) in [6, 6.07) is 13.9. The Bertz CT molecular complexity index is 1050. The number of carbonyl (C=O) groups is 2. The van der Waals surface area contributed by atoms with E-state index in [-0.39, 0.29) is 17.7 Å². The van der Waals surface area contributed by atoms with Crippen molar-refractivity contribution in [3.05, 3.63) is 65.5 Å². The molecule has 2 heterocycles. The summed E-state index contributed by atoms with van der Waals surface area (Å²) in [4.78, 5) is 27.5. The number of amides is 2. The second-order valence-corrected chi connectivity index (χ2v) is 7.60. The first-order valence-corrected chi connectivity index (χ1v) is 10.3. The Morgan fingerprint density at radius 3 is 2.90 bits per heavy atom. The molecule has 0 spiro atoms. The molecule has 2 N–H and O–H groups in total. The Morgan fingerprint density at radius 2 is 2.07 bits per heavy atom. The predicted molar refractivity (Wildman–Crippen MR) is 115 cm³/mol. The molecule has 1 saturated heterocycles. The quantitative estimate of drug-likeness (QED) is 0.616. The van der Waals surface area contributed by atoms with Crippen molar-refractivity contribution in [1.82, 2.24) is 20.4 Å². The summed E-state index contributed by atoms with van der Waals surface area (Å²) in [6.45, 7) is 2.17. The SMILES string of the molecule is COCCNC(=O)c1cn[nH]c1[C@H]1CCCN(C(=O)c2ccc3ccccc3c2)C1. The summed E-state index contributed by atoms with van der Waals surface area (Å²) in [5.41, 5.74) is 2.02. The molecule has 7 nitrogen and oxygen atoms in total. The zero-order chi connectivity index (χ0) is 20.9. The number of nitrogens with one attached hydrogen (secondary N) is 2. The van der Waals surface area contributed by atoms with E-state index in [2.05, 4.69) is 15.5 Å². The molecular weight excluding hydrogens is 380 g/mol. The number of hydrogen-bond acceptors (Lipinski definition) is 4. The zero-order valence-electron chi connectivity index (χ0n) is 17.1. The Labute approximate surface area is 175 Å². The van der Waals surface area contributed by atoms with E-state index in [1.165, 1.54) is 0 Å². The summed E-state index contributed by atoms with van der Waals surface area (Å²) in [5.74, 6) is -0.0984. The van der Waals surface area contributed by atoms with Gasteiger partial charge >= 0.3 is 0 Å². The van der Waals surface area contributed by atoms with Crippen LogP contribution in [-0.4, -0.2) is 60.3 Å². The van der Waals surface area contributed by atoms with Gasteiger partial charge in [-0.05, 0) is 35.7 Å². The fraction of sp³-hybridized carbons (Fsp3) is 0.348. The van der Waals surface area contributed by atoms with Gasteiger partial charge in [0.1, 0.15) is 0 Å². The topological polar surface area (TPSA) is 87.3 Å². The number of rotatable bonds is 6. The molecule has 3 aromatic rings. The van der Waals surface area contributed by atoms with E-state index in [9.17, 15) is 9.59 Å². The first kappa shape index (κ1) is 20.1. The number of H-pyrrole nitrogens is 1. The number of aromatic nitrogens is 2. The summed E-state index contributed by atoms with van der Waals surface area (Å²) < 4.78 is 4.98. The lowest BCUT2D eigenvalue weighted by Crippen LogP contribution is -2.39. The van der Waals surface area contributed by atoms with E-state index in [1.54, 1.807) is 13.3 Å². The molecule has 7 heteroatoms. The highest BCUT2D eigenvalue weighted by atomic mass is 16.5. The van der Waals surface area contributed by atoms with Crippen molar-refractivity contribution in [3.63, 3.8) is 0 Å². The highest BCUT2D eigenvalue weighted by molar-refractivity contribution is 5.99. The maximum Gasteiger partial charge on any atom is 0.254 e. The van der Waals surface area contributed by atoms with Crippen LogP contribution in [0.25, 0.3) is 10.8 Å². The standard InChI is InChI=1S/C23H26N4O3/c1-30-12-10-24-22(28)20-14-25-26-21(20)19-7-4-11-27(15-19)23(29)18-9-8-16-5-2-3-6-17(16)13-18/h2-3,5-6,8-9,13-14,19H,4,7,10-12,15H2,1H3,(H,24,28)(H,25,26)/t19-/m0/s1. The van der Waals surface area contributed by atoms with Gasteiger partial charge in [-0.1, -0.05) is 30.3 Å². The average molecular weight is 406 g/mol. The fourth-order valence-corrected chi connectivity index (χ4v) is 4.05. The molecule has 30 heavy (non-hydrogen) atoms. The summed E-state index contributed by atoms with van der Waals surface area (Å²) in [6.07, 6.45) is 3.34. The molecule has 156 valence electrons. The van der Waals surface area contributed by atoms with Gasteiger partial charge in [-0.2, -0.15) is 5.10 Å². The number of piperidine rings is 1. The minimum Gasteiger partial charge on any atom is -0.383 e. The van der Waals surface area contributed by atoms with Gasteiger partial charge in [-0.25, -0.2) is 0 Å². The maximum absolute atomic E-state index is 13.2. The third kappa shape index (κ3) is 4.21. The molecule has 1 atom stereocenters. The zero-order valence-corrected chi connectivity index (χ0v) is 17.1. The van der Waals surface area contributed by atoms with E-state index in [4.69, 9.17) is 4.74 Å². The Hall–Kier alpha value is -3.19. The van der Waals surface area contributed by atoms with Gasteiger partial charge in [0, 0.05) is 38.2 Å². The van der Waals surface area contributed by atoms with Crippen molar-refractivity contribution in [3.8, 4) is 0 Å². The van der Waals surface area contributed by atoms with Gasteiger partial charge in [0.05, 0.1) is 24.1 Å². The first-order chi connectivity index (χ1) is 14.7. The number of ether oxygens (including phenoxy) is 1. The van der Waals surface area contributed by atoms with Crippen LogP contribution in [0.15, 0.2) is 48.7 Å². The molecule has 0 radical (unpaired) electrons. The molecule has 0 aliphatic carbocycles. The Balaban J connectivity index is 1.49. The molecule has 1 aliphatic rings. The van der Waals surface area contributed by atoms with Crippen LogP contribution in [0.2, 0.25) is 0 Å². The molecule has 4 rings (SSSR count). The van der Waals surface area contributed by atoms with Crippen LogP contribution in [0.1, 0.15) is 45.2 Å². The van der Waals surface area contributed by atoms with Crippen molar-refractivity contribution < 1.29 is 14.3 Å². The van der Waals surface area contributed by atoms with E-state index >= 15 is 0 Å². The van der Waals surface area contributed by atoms with E-state index in [0.717, 1.165) is 29.3 Å². The second kappa shape index (κ2) is 9.09. The molecule has 2 aromatic carbocycles. The largest absolute Gasteiger partial charge is 0.383 e. The Morgan fingerprint density at radius 1 is 1.23 bits per heavy atom. The lowest BCUT2D eigenvalue weighted by molar-refractivity contribution is 0.0706. The van der Waals surface area contributed by atoms with Gasteiger partial charge in [0.2, 0.25) is 0 Å². The number of nitrogens with zero attached hydrogens (tertiary/aromatic N) is 2. The Kier molecular flexibility index (Phi) is 6.09. The van der Waals surface area contributed by atoms with Gasteiger partial charge in [-0.15, -0.1) is 0 Å². The highest BCUT2D eigenvalue weighted by Crippen LogP contribution is 2.29. The number of fused-ring (bicyclic) bond motifs is 1. The lowest BCUT2D eigenvalue weighted by Gasteiger charge is -2.32. The van der Waals surface area contributed by atoms with Crippen molar-refractivity contribution >= 4 is 22.6 Å². The van der Waals surface area contributed by atoms with Crippen LogP contribution in [0.3, 0.4) is 0 Å². The first-order valence-electron chi connectivity index (χ1n) is 10.3. The lowest BCUT2D eigenvalue weighted by atomic mass is 9.92. The van der Waals surface area contributed by atoms with Crippen LogP contribution in [-0.2, 0) is 4.74 Å². The molecule has 1 fully saturated rings.